The molecule has 0 bridgehead atoms. The van der Waals surface area contributed by atoms with Gasteiger partial charge in [-0.3, -0.25) is 0 Å². The highest BCUT2D eigenvalue weighted by molar-refractivity contribution is 8.00. The van der Waals surface area contributed by atoms with Crippen LogP contribution in [0.15, 0.2) is 53.0 Å². The first-order valence-electron chi connectivity index (χ1n) is 6.96. The second-order valence-corrected chi connectivity index (χ2v) is 8.50. The highest BCUT2D eigenvalue weighted by atomic mass is 32.2. The first-order valence-corrected chi connectivity index (χ1v) is 7.78. The Morgan fingerprint density at radius 3 is 2.26 bits per heavy atom. The average molecular weight is 272 g/mol. The first-order chi connectivity index (χ1) is 8.81. The molecule has 0 aromatic heterocycles. The monoisotopic (exact) mass is 272 g/mol. The molecule has 1 aliphatic carbocycles. The summed E-state index contributed by atoms with van der Waals surface area (Å²) in [6.45, 7) is 11.5. The molecule has 0 unspecified atom stereocenters. The predicted octanol–water partition coefficient (Wildman–Crippen LogP) is 5.74. The lowest BCUT2D eigenvalue weighted by Gasteiger charge is -2.30. The van der Waals surface area contributed by atoms with E-state index >= 15 is 0 Å². The van der Waals surface area contributed by atoms with Gasteiger partial charge in [0.2, 0.25) is 0 Å². The van der Waals surface area contributed by atoms with Crippen LogP contribution in [0.5, 0.6) is 0 Å². The van der Waals surface area contributed by atoms with Crippen LogP contribution in [0.25, 0.3) is 0 Å². The fourth-order valence-corrected chi connectivity index (χ4v) is 3.72. The zero-order chi connectivity index (χ0) is 14.1. The van der Waals surface area contributed by atoms with Crippen LogP contribution in [0.4, 0.5) is 0 Å². The summed E-state index contributed by atoms with van der Waals surface area (Å²) in [5.74, 6) is 0. The molecular formula is C18H24S. The molecule has 1 aromatic rings. The van der Waals surface area contributed by atoms with Crippen LogP contribution in [0, 0.1) is 0 Å². The summed E-state index contributed by atoms with van der Waals surface area (Å²) in [6, 6.07) is 8.84. The number of benzene rings is 1. The molecule has 0 aliphatic heterocycles. The molecule has 0 nitrogen and oxygen atoms in total. The molecule has 1 aliphatic rings. The largest absolute Gasteiger partial charge is 0.120 e. The van der Waals surface area contributed by atoms with E-state index in [-0.39, 0.29) is 10.2 Å². The van der Waals surface area contributed by atoms with E-state index in [1.54, 1.807) is 0 Å². The lowest BCUT2D eigenvalue weighted by molar-refractivity contribution is 0.625. The second-order valence-electron chi connectivity index (χ2n) is 6.63. The van der Waals surface area contributed by atoms with E-state index in [4.69, 9.17) is 0 Å². The fourth-order valence-electron chi connectivity index (χ4n) is 2.48. The van der Waals surface area contributed by atoms with E-state index < -0.39 is 0 Å². The van der Waals surface area contributed by atoms with Crippen LogP contribution in [-0.4, -0.2) is 4.75 Å². The zero-order valence-electron chi connectivity index (χ0n) is 12.7. The van der Waals surface area contributed by atoms with E-state index in [1.807, 2.05) is 11.8 Å². The van der Waals surface area contributed by atoms with E-state index in [2.05, 4.69) is 77.1 Å². The van der Waals surface area contributed by atoms with Crippen molar-refractivity contribution >= 4 is 11.8 Å². The topological polar surface area (TPSA) is 0 Å². The number of hydrogen-bond donors (Lipinski definition) is 0. The van der Waals surface area contributed by atoms with Crippen molar-refractivity contribution in [3.05, 3.63) is 53.6 Å². The Labute approximate surface area is 122 Å². The summed E-state index contributed by atoms with van der Waals surface area (Å²) in [5, 5.41) is 0. The summed E-state index contributed by atoms with van der Waals surface area (Å²) < 4.78 is 0.242. The van der Waals surface area contributed by atoms with Gasteiger partial charge < -0.3 is 0 Å². The minimum Gasteiger partial charge on any atom is -0.120 e. The summed E-state index contributed by atoms with van der Waals surface area (Å²) >= 11 is 1.96. The minimum absolute atomic E-state index is 0.0852. The minimum atomic E-state index is 0.0852. The maximum absolute atomic E-state index is 2.35. The summed E-state index contributed by atoms with van der Waals surface area (Å²) in [5.41, 5.74) is 2.96. The van der Waals surface area contributed by atoms with E-state index in [1.165, 1.54) is 16.0 Å². The molecule has 0 radical (unpaired) electrons. The molecule has 2 rings (SSSR count). The highest BCUT2D eigenvalue weighted by Gasteiger charge is 2.28. The standard InChI is InChI=1S/C18H24S/c1-17(2,3)19-16-13-9-8-12-15(16)18(4,5)14-10-6-7-11-14/h6,8-13H,7H2,1-5H3. The smallest absolute Gasteiger partial charge is 0.0154 e. The van der Waals surface area contributed by atoms with Crippen LogP contribution >= 0.6 is 11.8 Å². The summed E-state index contributed by atoms with van der Waals surface area (Å²) in [4.78, 5) is 1.40. The molecular weight excluding hydrogens is 248 g/mol. The Hall–Kier alpha value is -0.950. The third-order valence-corrected chi connectivity index (χ3v) is 4.66. The van der Waals surface area contributed by atoms with Gasteiger partial charge >= 0.3 is 0 Å². The molecule has 0 fully saturated rings. The molecule has 102 valence electrons. The van der Waals surface area contributed by atoms with Gasteiger partial charge in [-0.25, -0.2) is 0 Å². The Kier molecular flexibility index (Phi) is 3.96. The molecule has 0 N–H and O–H groups in total. The molecule has 0 heterocycles. The van der Waals surface area contributed by atoms with Crippen molar-refractivity contribution in [2.75, 3.05) is 0 Å². The van der Waals surface area contributed by atoms with Crippen molar-refractivity contribution in [1.29, 1.82) is 0 Å². The Morgan fingerprint density at radius 1 is 1.00 bits per heavy atom. The molecule has 0 saturated carbocycles. The van der Waals surface area contributed by atoms with Gasteiger partial charge in [-0.1, -0.05) is 71.0 Å². The lowest BCUT2D eigenvalue weighted by atomic mass is 9.78. The third kappa shape index (κ3) is 3.33. The fraction of sp³-hybridized carbons (Fsp3) is 0.444. The predicted molar refractivity (Wildman–Crippen MR) is 86.9 cm³/mol. The Bertz CT molecular complexity index is 513. The zero-order valence-corrected chi connectivity index (χ0v) is 13.5. The number of rotatable bonds is 3. The SMILES string of the molecule is CC(C)(C)Sc1ccccc1C(C)(C)C1=CCC=C1. The highest BCUT2D eigenvalue weighted by Crippen LogP contribution is 2.42. The Balaban J connectivity index is 2.42. The number of thioether (sulfide) groups is 1. The van der Waals surface area contributed by atoms with Crippen molar-refractivity contribution in [2.24, 2.45) is 0 Å². The maximum Gasteiger partial charge on any atom is 0.0154 e. The molecule has 1 aromatic carbocycles. The van der Waals surface area contributed by atoms with Gasteiger partial charge in [0.15, 0.2) is 0 Å². The molecule has 1 heteroatoms. The van der Waals surface area contributed by atoms with Crippen molar-refractivity contribution in [1.82, 2.24) is 0 Å². The molecule has 0 spiro atoms. The van der Waals surface area contributed by atoms with Gasteiger partial charge in [0.1, 0.15) is 0 Å². The van der Waals surface area contributed by atoms with Crippen LogP contribution < -0.4 is 0 Å². The van der Waals surface area contributed by atoms with Crippen molar-refractivity contribution < 1.29 is 0 Å². The van der Waals surface area contributed by atoms with Gasteiger partial charge in [-0.2, -0.15) is 0 Å². The number of allylic oxidation sites excluding steroid dienone is 4. The van der Waals surface area contributed by atoms with E-state index in [9.17, 15) is 0 Å². The van der Waals surface area contributed by atoms with Gasteiger partial charge in [0.05, 0.1) is 0 Å². The molecule has 0 amide bonds. The second kappa shape index (κ2) is 5.20. The van der Waals surface area contributed by atoms with Gasteiger partial charge in [0, 0.05) is 15.1 Å². The van der Waals surface area contributed by atoms with E-state index in [0.717, 1.165) is 6.42 Å². The molecule has 0 saturated heterocycles. The van der Waals surface area contributed by atoms with E-state index in [0.29, 0.717) is 0 Å². The lowest BCUT2D eigenvalue weighted by Crippen LogP contribution is -2.21. The van der Waals surface area contributed by atoms with Gasteiger partial charge in [-0.05, 0) is 23.6 Å². The average Bonchev–Trinajstić information content (AvgIpc) is 2.81. The third-order valence-electron chi connectivity index (χ3n) is 3.47. The number of hydrogen-bond acceptors (Lipinski definition) is 1. The van der Waals surface area contributed by atoms with Gasteiger partial charge in [-0.15, -0.1) is 11.8 Å². The van der Waals surface area contributed by atoms with Crippen LogP contribution in [0.2, 0.25) is 0 Å². The van der Waals surface area contributed by atoms with Crippen molar-refractivity contribution in [2.45, 2.75) is 56.1 Å². The molecule has 19 heavy (non-hydrogen) atoms. The van der Waals surface area contributed by atoms with Crippen LogP contribution in [0.1, 0.15) is 46.6 Å². The van der Waals surface area contributed by atoms with Crippen molar-refractivity contribution in [3.63, 3.8) is 0 Å². The normalized spacial score (nSPS) is 15.7. The maximum atomic E-state index is 2.35. The quantitative estimate of drug-likeness (QED) is 0.632. The van der Waals surface area contributed by atoms with Gasteiger partial charge in [0.25, 0.3) is 0 Å². The first kappa shape index (κ1) is 14.5. The Morgan fingerprint density at radius 2 is 1.68 bits per heavy atom. The van der Waals surface area contributed by atoms with Crippen LogP contribution in [-0.2, 0) is 5.41 Å². The summed E-state index contributed by atoms with van der Waals surface area (Å²) in [7, 11) is 0. The summed E-state index contributed by atoms with van der Waals surface area (Å²) in [6.07, 6.45) is 7.95. The van der Waals surface area contributed by atoms with Crippen LogP contribution in [0.3, 0.4) is 0 Å². The van der Waals surface area contributed by atoms with Crippen molar-refractivity contribution in [3.8, 4) is 0 Å². The molecule has 0 atom stereocenters.